The number of hydrogen-bond donors (Lipinski definition) is 2. The number of methoxy groups -OCH3 is 1. The number of ether oxygens (including phenoxy) is 1. The first-order valence-electron chi connectivity index (χ1n) is 6.36. The van der Waals surface area contributed by atoms with Crippen LogP contribution >= 0.6 is 24.0 Å². The fourth-order valence-electron chi connectivity index (χ4n) is 2.23. The van der Waals surface area contributed by atoms with Crippen LogP contribution in [0.2, 0.25) is 5.02 Å². The normalized spacial score (nSPS) is 16.9. The summed E-state index contributed by atoms with van der Waals surface area (Å²) in [4.78, 5) is 11.8. The summed E-state index contributed by atoms with van der Waals surface area (Å²) in [5.74, 6) is -0.180. The second-order valence-corrected chi connectivity index (χ2v) is 5.45. The van der Waals surface area contributed by atoms with Crippen molar-refractivity contribution in [2.24, 2.45) is 5.73 Å². The van der Waals surface area contributed by atoms with E-state index in [0.29, 0.717) is 6.54 Å². The van der Waals surface area contributed by atoms with Crippen LogP contribution in [0.4, 0.5) is 0 Å². The molecule has 1 unspecified atom stereocenters. The van der Waals surface area contributed by atoms with Crippen LogP contribution in [0.5, 0.6) is 0 Å². The van der Waals surface area contributed by atoms with E-state index in [0.717, 1.165) is 23.4 Å². The summed E-state index contributed by atoms with van der Waals surface area (Å²) >= 11 is 6.22. The van der Waals surface area contributed by atoms with Crippen LogP contribution in [0.15, 0.2) is 24.3 Å². The molecule has 0 heterocycles. The molecule has 20 heavy (non-hydrogen) atoms. The molecule has 1 aliphatic carbocycles. The van der Waals surface area contributed by atoms with Gasteiger partial charge in [-0.05, 0) is 24.5 Å². The molecule has 0 aliphatic heterocycles. The van der Waals surface area contributed by atoms with Gasteiger partial charge in [0.05, 0.1) is 6.61 Å². The fourth-order valence-corrected chi connectivity index (χ4v) is 2.56. The molecule has 4 nitrogen and oxygen atoms in total. The van der Waals surface area contributed by atoms with Gasteiger partial charge in [0.1, 0.15) is 6.04 Å². The molecule has 0 spiro atoms. The van der Waals surface area contributed by atoms with Gasteiger partial charge in [-0.3, -0.25) is 4.79 Å². The third kappa shape index (κ3) is 3.85. The van der Waals surface area contributed by atoms with E-state index in [9.17, 15) is 4.79 Å². The predicted molar refractivity (Wildman–Crippen MR) is 82.5 cm³/mol. The molecule has 1 fully saturated rings. The van der Waals surface area contributed by atoms with Crippen LogP contribution in [-0.2, 0) is 14.9 Å². The first kappa shape index (κ1) is 17.2. The molecule has 1 amide bonds. The third-order valence-electron chi connectivity index (χ3n) is 3.58. The maximum absolute atomic E-state index is 11.8. The maximum atomic E-state index is 11.8. The van der Waals surface area contributed by atoms with Crippen LogP contribution in [0.25, 0.3) is 0 Å². The highest BCUT2D eigenvalue weighted by Gasteiger charge is 2.45. The summed E-state index contributed by atoms with van der Waals surface area (Å²) in [6, 6.07) is 7.17. The zero-order valence-corrected chi connectivity index (χ0v) is 13.0. The van der Waals surface area contributed by atoms with Gasteiger partial charge < -0.3 is 15.8 Å². The lowest BCUT2D eigenvalue weighted by molar-refractivity contribution is -0.123. The van der Waals surface area contributed by atoms with Gasteiger partial charge in [-0.1, -0.05) is 29.8 Å². The number of nitrogens with one attached hydrogen (secondary N) is 1. The molecule has 2 rings (SSSR count). The molecule has 0 bridgehead atoms. The second-order valence-electron chi connectivity index (χ2n) is 5.04. The van der Waals surface area contributed by atoms with E-state index in [1.54, 1.807) is 0 Å². The zero-order chi connectivity index (χ0) is 13.9. The van der Waals surface area contributed by atoms with Gasteiger partial charge in [0, 0.05) is 24.1 Å². The smallest absolute Gasteiger partial charge is 0.239 e. The molecule has 1 atom stereocenters. The van der Waals surface area contributed by atoms with Gasteiger partial charge in [-0.15, -0.1) is 12.4 Å². The number of benzene rings is 1. The minimum absolute atomic E-state index is 0. The lowest BCUT2D eigenvalue weighted by Crippen LogP contribution is -2.45. The van der Waals surface area contributed by atoms with E-state index in [1.807, 2.05) is 24.3 Å². The predicted octanol–water partition coefficient (Wildman–Crippen LogP) is 1.88. The van der Waals surface area contributed by atoms with Crippen LogP contribution in [0.1, 0.15) is 18.4 Å². The van der Waals surface area contributed by atoms with Gasteiger partial charge in [-0.25, -0.2) is 0 Å². The highest BCUT2D eigenvalue weighted by atomic mass is 35.5. The molecule has 1 aromatic carbocycles. The average molecular weight is 319 g/mol. The van der Waals surface area contributed by atoms with Crippen molar-refractivity contribution in [3.8, 4) is 0 Å². The minimum atomic E-state index is -0.618. The molecule has 1 aliphatic rings. The van der Waals surface area contributed by atoms with Crippen molar-refractivity contribution >= 4 is 29.9 Å². The topological polar surface area (TPSA) is 64.3 Å². The Morgan fingerprint density at radius 3 is 2.70 bits per heavy atom. The van der Waals surface area contributed by atoms with E-state index in [2.05, 4.69) is 5.32 Å². The molecular weight excluding hydrogens is 299 g/mol. The summed E-state index contributed by atoms with van der Waals surface area (Å²) in [6.45, 7) is 0.803. The molecule has 3 N–H and O–H groups in total. The van der Waals surface area contributed by atoms with E-state index in [-0.39, 0.29) is 30.3 Å². The van der Waals surface area contributed by atoms with Crippen molar-refractivity contribution in [3.63, 3.8) is 0 Å². The Morgan fingerprint density at radius 1 is 1.50 bits per heavy atom. The highest BCUT2D eigenvalue weighted by molar-refractivity contribution is 6.31. The highest BCUT2D eigenvalue weighted by Crippen LogP contribution is 2.49. The van der Waals surface area contributed by atoms with Gasteiger partial charge in [0.25, 0.3) is 0 Å². The number of halogens is 2. The molecule has 0 aromatic heterocycles. The van der Waals surface area contributed by atoms with Crippen LogP contribution in [0.3, 0.4) is 0 Å². The van der Waals surface area contributed by atoms with Crippen molar-refractivity contribution in [1.82, 2.24) is 5.32 Å². The molecule has 0 saturated heterocycles. The number of nitrogens with two attached hydrogens (primary N) is 1. The van der Waals surface area contributed by atoms with Crippen molar-refractivity contribution in [2.45, 2.75) is 24.3 Å². The van der Waals surface area contributed by atoms with Crippen molar-refractivity contribution in [2.75, 3.05) is 20.3 Å². The van der Waals surface area contributed by atoms with E-state index in [4.69, 9.17) is 22.1 Å². The number of carbonyl (C=O) groups excluding carboxylic acids is 1. The monoisotopic (exact) mass is 318 g/mol. The standard InChI is InChI=1S/C14H19ClN2O2.ClH/c1-19-8-12(16)13(18)17-9-14(6-7-14)10-4-2-3-5-11(10)15;/h2-5,12H,6-9,16H2,1H3,(H,17,18);1H. The van der Waals surface area contributed by atoms with E-state index >= 15 is 0 Å². The van der Waals surface area contributed by atoms with Crippen LogP contribution < -0.4 is 11.1 Å². The summed E-state index contributed by atoms with van der Waals surface area (Å²) in [6.07, 6.45) is 2.08. The van der Waals surface area contributed by atoms with Crippen molar-refractivity contribution in [1.29, 1.82) is 0 Å². The summed E-state index contributed by atoms with van der Waals surface area (Å²) in [7, 11) is 1.53. The summed E-state index contributed by atoms with van der Waals surface area (Å²) in [5.41, 5.74) is 6.78. The Labute approximate surface area is 130 Å². The fraction of sp³-hybridized carbons (Fsp3) is 0.500. The van der Waals surface area contributed by atoms with Gasteiger partial charge >= 0.3 is 0 Å². The molecule has 112 valence electrons. The number of carbonyl (C=O) groups is 1. The first-order chi connectivity index (χ1) is 9.09. The molecule has 1 aromatic rings. The SMILES string of the molecule is COCC(N)C(=O)NCC1(c2ccccc2Cl)CC1.Cl. The largest absolute Gasteiger partial charge is 0.383 e. The lowest BCUT2D eigenvalue weighted by Gasteiger charge is -2.19. The van der Waals surface area contributed by atoms with Gasteiger partial charge in [-0.2, -0.15) is 0 Å². The van der Waals surface area contributed by atoms with Gasteiger partial charge in [0.2, 0.25) is 5.91 Å². The zero-order valence-electron chi connectivity index (χ0n) is 11.4. The number of amides is 1. The number of rotatable bonds is 6. The summed E-state index contributed by atoms with van der Waals surface area (Å²) < 4.78 is 4.87. The first-order valence-corrected chi connectivity index (χ1v) is 6.74. The Balaban J connectivity index is 0.00000200. The molecular formula is C14H20Cl2N2O2. The Hall–Kier alpha value is -0.810. The second kappa shape index (κ2) is 7.27. The Bertz CT molecular complexity index is 464. The Kier molecular flexibility index (Phi) is 6.27. The lowest BCUT2D eigenvalue weighted by atomic mass is 9.96. The third-order valence-corrected chi connectivity index (χ3v) is 3.91. The van der Waals surface area contributed by atoms with Crippen molar-refractivity contribution in [3.05, 3.63) is 34.9 Å². The maximum Gasteiger partial charge on any atom is 0.239 e. The quantitative estimate of drug-likeness (QED) is 0.841. The summed E-state index contributed by atoms with van der Waals surface area (Å²) in [5, 5.41) is 3.65. The van der Waals surface area contributed by atoms with E-state index < -0.39 is 6.04 Å². The average Bonchev–Trinajstić information content (AvgIpc) is 3.18. The Morgan fingerprint density at radius 2 is 2.15 bits per heavy atom. The minimum Gasteiger partial charge on any atom is -0.383 e. The molecule has 0 radical (unpaired) electrons. The van der Waals surface area contributed by atoms with Crippen LogP contribution in [0, 0.1) is 0 Å². The molecule has 6 heteroatoms. The molecule has 1 saturated carbocycles. The van der Waals surface area contributed by atoms with Crippen LogP contribution in [-0.4, -0.2) is 32.2 Å². The van der Waals surface area contributed by atoms with Gasteiger partial charge in [0.15, 0.2) is 0 Å². The number of hydrogen-bond acceptors (Lipinski definition) is 3. The van der Waals surface area contributed by atoms with Crippen molar-refractivity contribution < 1.29 is 9.53 Å². The van der Waals surface area contributed by atoms with E-state index in [1.165, 1.54) is 7.11 Å².